The van der Waals surface area contributed by atoms with Crippen LogP contribution in [0.1, 0.15) is 49.8 Å². The zero-order valence-electron chi connectivity index (χ0n) is 18.6. The first-order valence-corrected chi connectivity index (χ1v) is 11.2. The third kappa shape index (κ3) is 4.74. The Morgan fingerprint density at radius 1 is 1.16 bits per heavy atom. The van der Waals surface area contributed by atoms with Gasteiger partial charge in [-0.05, 0) is 56.9 Å². The molecule has 2 atom stereocenters. The number of aliphatic carboxylic acids is 1. The summed E-state index contributed by atoms with van der Waals surface area (Å²) in [6.07, 6.45) is 5.62. The van der Waals surface area contributed by atoms with E-state index in [0.717, 1.165) is 49.7 Å². The molecule has 1 aromatic heterocycles. The van der Waals surface area contributed by atoms with Gasteiger partial charge in [0.25, 0.3) is 0 Å². The molecule has 8 heteroatoms. The number of amides is 1. The molecule has 1 amide bonds. The largest absolute Gasteiger partial charge is 0.493 e. The predicted octanol–water partition coefficient (Wildman–Crippen LogP) is 4.65. The van der Waals surface area contributed by atoms with Gasteiger partial charge in [-0.3, -0.25) is 4.79 Å². The van der Waals surface area contributed by atoms with Gasteiger partial charge < -0.3 is 24.0 Å². The summed E-state index contributed by atoms with van der Waals surface area (Å²) in [4.78, 5) is 25.3. The van der Waals surface area contributed by atoms with E-state index in [-0.39, 0.29) is 30.6 Å². The van der Waals surface area contributed by atoms with Gasteiger partial charge in [-0.2, -0.15) is 0 Å². The van der Waals surface area contributed by atoms with Gasteiger partial charge in [-0.15, -0.1) is 0 Å². The molecule has 2 aliphatic rings. The molecule has 1 N–H and O–H groups in total. The summed E-state index contributed by atoms with van der Waals surface area (Å²) >= 11 is 0. The topological polar surface area (TPSA) is 102 Å². The molecule has 4 rings (SSSR count). The van der Waals surface area contributed by atoms with Crippen molar-refractivity contribution in [1.82, 2.24) is 10.1 Å². The lowest BCUT2D eigenvalue weighted by Crippen LogP contribution is -2.36. The van der Waals surface area contributed by atoms with Gasteiger partial charge in [0.2, 0.25) is 0 Å². The van der Waals surface area contributed by atoms with Crippen LogP contribution in [-0.4, -0.2) is 46.9 Å². The van der Waals surface area contributed by atoms with Gasteiger partial charge in [-0.1, -0.05) is 18.0 Å². The fourth-order valence-electron chi connectivity index (χ4n) is 4.46. The molecule has 0 saturated heterocycles. The van der Waals surface area contributed by atoms with Crippen LogP contribution >= 0.6 is 0 Å². The molecule has 1 aromatic carbocycles. The average molecular weight is 443 g/mol. The number of nitrogens with zero attached hydrogens (tertiary/aromatic N) is 2. The summed E-state index contributed by atoms with van der Waals surface area (Å²) in [5.41, 5.74) is 2.23. The third-order valence-corrected chi connectivity index (χ3v) is 6.80. The Balaban J connectivity index is 1.35. The lowest BCUT2D eigenvalue weighted by Gasteiger charge is -2.32. The van der Waals surface area contributed by atoms with Crippen molar-refractivity contribution in [2.75, 3.05) is 13.7 Å². The summed E-state index contributed by atoms with van der Waals surface area (Å²) < 4.78 is 16.9. The molecule has 0 aliphatic heterocycles. The first-order chi connectivity index (χ1) is 15.4. The Kier molecular flexibility index (Phi) is 6.67. The number of carboxylic acid groups (broad SMARTS) is 1. The zero-order chi connectivity index (χ0) is 22.7. The lowest BCUT2D eigenvalue weighted by atomic mass is 9.74. The van der Waals surface area contributed by atoms with Crippen molar-refractivity contribution in [3.8, 4) is 17.1 Å². The molecule has 2 aromatic rings. The van der Waals surface area contributed by atoms with Crippen molar-refractivity contribution in [2.24, 2.45) is 11.8 Å². The number of carboxylic acids is 1. The molecule has 0 spiro atoms. The molecule has 172 valence electrons. The summed E-state index contributed by atoms with van der Waals surface area (Å²) in [6, 6.07) is 7.63. The second-order valence-electron chi connectivity index (χ2n) is 8.80. The molecule has 0 bridgehead atoms. The first kappa shape index (κ1) is 22.2. The second kappa shape index (κ2) is 9.63. The molecule has 2 saturated carbocycles. The van der Waals surface area contributed by atoms with Gasteiger partial charge in [0.05, 0.1) is 23.8 Å². The van der Waals surface area contributed by atoms with Gasteiger partial charge in [-0.25, -0.2) is 4.79 Å². The summed E-state index contributed by atoms with van der Waals surface area (Å²) in [7, 11) is 1.79. The molecule has 0 unspecified atom stereocenters. The van der Waals surface area contributed by atoms with Crippen LogP contribution in [-0.2, 0) is 16.1 Å². The zero-order valence-corrected chi connectivity index (χ0v) is 18.6. The van der Waals surface area contributed by atoms with Crippen LogP contribution in [0.3, 0.4) is 0 Å². The Bertz CT molecular complexity index is 948. The highest BCUT2D eigenvalue weighted by Crippen LogP contribution is 2.35. The third-order valence-electron chi connectivity index (χ3n) is 6.80. The fourth-order valence-corrected chi connectivity index (χ4v) is 4.46. The van der Waals surface area contributed by atoms with E-state index < -0.39 is 5.97 Å². The van der Waals surface area contributed by atoms with Crippen molar-refractivity contribution >= 4 is 12.1 Å². The van der Waals surface area contributed by atoms with Gasteiger partial charge in [0.1, 0.15) is 12.4 Å². The standard InChI is InChI=1S/C24H30N2O6/c1-15-21(14-31-24(29)26(2)18-5-3-4-6-18)22(32-25-15)16-7-10-19(11-8-16)30-13-17-9-12-20(17)23(27)28/h7-8,10-11,17-18,20H,3-6,9,12-14H2,1-2H3,(H,27,28)/t17-,20+/m0/s1. The maximum Gasteiger partial charge on any atom is 0.410 e. The Morgan fingerprint density at radius 2 is 1.88 bits per heavy atom. The molecule has 0 radical (unpaired) electrons. The normalized spacial score (nSPS) is 20.6. The SMILES string of the molecule is Cc1noc(-c2ccc(OC[C@@H]3CC[C@H]3C(=O)O)cc2)c1COC(=O)N(C)C1CCCC1. The monoisotopic (exact) mass is 442 g/mol. The number of benzene rings is 1. The van der Waals surface area contributed by atoms with Crippen LogP contribution in [0, 0.1) is 18.8 Å². The van der Waals surface area contributed by atoms with E-state index in [2.05, 4.69) is 5.16 Å². The fraction of sp³-hybridized carbons (Fsp3) is 0.542. The molecule has 8 nitrogen and oxygen atoms in total. The minimum absolute atomic E-state index is 0.0627. The molecule has 1 heterocycles. The number of carbonyl (C=O) groups is 2. The molecule has 32 heavy (non-hydrogen) atoms. The summed E-state index contributed by atoms with van der Waals surface area (Å²) in [5.74, 6) is 0.253. The van der Waals surface area contributed by atoms with Gasteiger partial charge in [0, 0.05) is 24.6 Å². The lowest BCUT2D eigenvalue weighted by molar-refractivity contribution is -0.148. The van der Waals surface area contributed by atoms with E-state index in [1.165, 1.54) is 0 Å². The van der Waals surface area contributed by atoms with Crippen LogP contribution in [0.4, 0.5) is 4.79 Å². The number of rotatable bonds is 8. The minimum Gasteiger partial charge on any atom is -0.493 e. The number of aromatic nitrogens is 1. The highest BCUT2D eigenvalue weighted by atomic mass is 16.6. The van der Waals surface area contributed by atoms with Crippen molar-refractivity contribution < 1.29 is 28.7 Å². The number of hydrogen-bond donors (Lipinski definition) is 1. The molecule has 2 aliphatic carbocycles. The molecular formula is C24H30N2O6. The minimum atomic E-state index is -0.747. The van der Waals surface area contributed by atoms with Crippen molar-refractivity contribution in [3.05, 3.63) is 35.5 Å². The van der Waals surface area contributed by atoms with Crippen molar-refractivity contribution in [3.63, 3.8) is 0 Å². The van der Waals surface area contributed by atoms with Crippen LogP contribution in [0.25, 0.3) is 11.3 Å². The van der Waals surface area contributed by atoms with Crippen molar-refractivity contribution in [2.45, 2.75) is 58.1 Å². The highest BCUT2D eigenvalue weighted by molar-refractivity contribution is 5.71. The van der Waals surface area contributed by atoms with Gasteiger partial charge >= 0.3 is 12.1 Å². The van der Waals surface area contributed by atoms with Crippen LogP contribution in [0.2, 0.25) is 0 Å². The smallest absolute Gasteiger partial charge is 0.410 e. The highest BCUT2D eigenvalue weighted by Gasteiger charge is 2.36. The second-order valence-corrected chi connectivity index (χ2v) is 8.80. The maximum atomic E-state index is 12.5. The van der Waals surface area contributed by atoms with Crippen molar-refractivity contribution in [1.29, 1.82) is 0 Å². The molecular weight excluding hydrogens is 412 g/mol. The predicted molar refractivity (Wildman–Crippen MR) is 116 cm³/mol. The number of hydrogen-bond acceptors (Lipinski definition) is 6. The number of carbonyl (C=O) groups excluding carboxylic acids is 1. The Hall–Kier alpha value is -3.03. The Morgan fingerprint density at radius 3 is 2.50 bits per heavy atom. The maximum absolute atomic E-state index is 12.5. The number of aryl methyl sites for hydroxylation is 1. The summed E-state index contributed by atoms with van der Waals surface area (Å²) in [5, 5.41) is 13.2. The van der Waals surface area contributed by atoms with E-state index in [4.69, 9.17) is 19.1 Å². The van der Waals surface area contributed by atoms with Crippen LogP contribution < -0.4 is 4.74 Å². The van der Waals surface area contributed by atoms with E-state index in [1.54, 1.807) is 11.9 Å². The first-order valence-electron chi connectivity index (χ1n) is 11.2. The molecule has 2 fully saturated rings. The Labute approximate surface area is 187 Å². The van der Waals surface area contributed by atoms with Gasteiger partial charge in [0.15, 0.2) is 5.76 Å². The van der Waals surface area contributed by atoms with E-state index in [1.807, 2.05) is 31.2 Å². The van der Waals surface area contributed by atoms with E-state index in [0.29, 0.717) is 23.8 Å². The van der Waals surface area contributed by atoms with Crippen LogP contribution in [0.5, 0.6) is 5.75 Å². The summed E-state index contributed by atoms with van der Waals surface area (Å²) in [6.45, 7) is 2.32. The average Bonchev–Trinajstić information content (AvgIpc) is 3.41. The number of ether oxygens (including phenoxy) is 2. The van der Waals surface area contributed by atoms with Crippen LogP contribution in [0.15, 0.2) is 28.8 Å². The quantitative estimate of drug-likeness (QED) is 0.635. The van der Waals surface area contributed by atoms with E-state index >= 15 is 0 Å². The van der Waals surface area contributed by atoms with E-state index in [9.17, 15) is 9.59 Å².